The van der Waals surface area contributed by atoms with E-state index in [1.54, 1.807) is 42.5 Å². The van der Waals surface area contributed by atoms with Crippen LogP contribution in [0.25, 0.3) is 10.9 Å². The molecule has 0 radical (unpaired) electrons. The number of amides is 3. The van der Waals surface area contributed by atoms with Crippen molar-refractivity contribution in [3.8, 4) is 5.75 Å². The predicted molar refractivity (Wildman–Crippen MR) is 115 cm³/mol. The summed E-state index contributed by atoms with van der Waals surface area (Å²) in [6.07, 6.45) is -4.49. The first-order valence-corrected chi connectivity index (χ1v) is 9.74. The quantitative estimate of drug-likeness (QED) is 0.390. The van der Waals surface area contributed by atoms with Crippen molar-refractivity contribution in [3.63, 3.8) is 0 Å². The molecule has 1 aromatic heterocycles. The van der Waals surface area contributed by atoms with Crippen molar-refractivity contribution in [1.82, 2.24) is 15.5 Å². The highest BCUT2D eigenvalue weighted by atomic mass is 19.4. The lowest BCUT2D eigenvalue weighted by molar-refractivity contribution is -0.138. The van der Waals surface area contributed by atoms with E-state index in [1.165, 1.54) is 24.3 Å². The average Bonchev–Trinajstić information content (AvgIpc) is 3.19. The third kappa shape index (κ3) is 5.12. The van der Waals surface area contributed by atoms with E-state index >= 15 is 0 Å². The molecule has 0 unspecified atom stereocenters. The fourth-order valence-electron chi connectivity index (χ4n) is 3.17. The van der Waals surface area contributed by atoms with Gasteiger partial charge in [-0.15, -0.1) is 0 Å². The molecular weight excluding hydrogens is 437 g/mol. The number of urea groups is 1. The number of imide groups is 1. The van der Waals surface area contributed by atoms with Crippen molar-refractivity contribution in [1.29, 1.82) is 0 Å². The Morgan fingerprint density at radius 2 is 1.70 bits per heavy atom. The molecule has 0 bridgehead atoms. The molecule has 0 saturated heterocycles. The van der Waals surface area contributed by atoms with E-state index in [0.29, 0.717) is 16.5 Å². The highest BCUT2D eigenvalue weighted by Gasteiger charge is 2.33. The summed E-state index contributed by atoms with van der Waals surface area (Å²) in [5.74, 6) is -0.172. The highest BCUT2D eigenvalue weighted by molar-refractivity contribution is 6.09. The second-order valence-corrected chi connectivity index (χ2v) is 7.00. The number of benzene rings is 3. The van der Waals surface area contributed by atoms with Gasteiger partial charge in [-0.3, -0.25) is 20.5 Å². The van der Waals surface area contributed by atoms with Crippen LogP contribution in [-0.2, 0) is 12.8 Å². The maximum Gasteiger partial charge on any atom is 0.416 e. The van der Waals surface area contributed by atoms with Crippen molar-refractivity contribution in [2.75, 3.05) is 5.32 Å². The largest absolute Gasteiger partial charge is 0.489 e. The molecule has 0 aliphatic rings. The molecule has 4 rings (SSSR count). The molecule has 10 heteroatoms. The molecule has 1 heterocycles. The number of aromatic nitrogens is 2. The number of fused-ring (bicyclic) bond motifs is 1. The van der Waals surface area contributed by atoms with Crippen molar-refractivity contribution in [2.24, 2.45) is 0 Å². The Morgan fingerprint density at radius 3 is 2.45 bits per heavy atom. The van der Waals surface area contributed by atoms with Gasteiger partial charge < -0.3 is 4.74 Å². The van der Waals surface area contributed by atoms with Gasteiger partial charge in [0.05, 0.1) is 11.1 Å². The zero-order chi connectivity index (χ0) is 23.4. The molecule has 4 aromatic rings. The van der Waals surface area contributed by atoms with Gasteiger partial charge in [-0.2, -0.15) is 18.3 Å². The Balaban J connectivity index is 1.47. The topological polar surface area (TPSA) is 96.1 Å². The van der Waals surface area contributed by atoms with E-state index in [1.807, 2.05) is 0 Å². The second kappa shape index (κ2) is 9.03. The number of rotatable bonds is 5. The summed E-state index contributed by atoms with van der Waals surface area (Å²) in [5, 5.41) is 11.9. The van der Waals surface area contributed by atoms with Crippen LogP contribution in [0, 0.1) is 0 Å². The molecular formula is C23H17F3N4O3. The maximum absolute atomic E-state index is 13.2. The first-order valence-electron chi connectivity index (χ1n) is 9.74. The molecule has 3 amide bonds. The molecule has 0 atom stereocenters. The summed E-state index contributed by atoms with van der Waals surface area (Å²) in [4.78, 5) is 24.3. The SMILES string of the molecule is O=C(NC(=O)c1ccccc1)Nc1n[nH]c2ccc(OCc3ccccc3C(F)(F)F)cc12. The van der Waals surface area contributed by atoms with E-state index in [9.17, 15) is 22.8 Å². The molecule has 3 N–H and O–H groups in total. The number of carbonyl (C=O) groups excluding carboxylic acids is 2. The van der Waals surface area contributed by atoms with E-state index < -0.39 is 23.7 Å². The number of nitrogens with zero attached hydrogens (tertiary/aromatic N) is 1. The normalized spacial score (nSPS) is 11.2. The molecule has 0 fully saturated rings. The maximum atomic E-state index is 13.2. The fraction of sp³-hybridized carbons (Fsp3) is 0.0870. The number of H-pyrrole nitrogens is 1. The van der Waals surface area contributed by atoms with Crippen LogP contribution in [0.3, 0.4) is 0 Å². The monoisotopic (exact) mass is 454 g/mol. The Kier molecular flexibility index (Phi) is 5.99. The summed E-state index contributed by atoms with van der Waals surface area (Å²) < 4.78 is 45.1. The third-order valence-corrected chi connectivity index (χ3v) is 4.75. The lowest BCUT2D eigenvalue weighted by Crippen LogP contribution is -2.34. The lowest BCUT2D eigenvalue weighted by atomic mass is 10.1. The van der Waals surface area contributed by atoms with Crippen molar-refractivity contribution >= 4 is 28.7 Å². The number of hydrogen-bond acceptors (Lipinski definition) is 4. The zero-order valence-corrected chi connectivity index (χ0v) is 16.9. The van der Waals surface area contributed by atoms with Gasteiger partial charge in [0.2, 0.25) is 0 Å². The van der Waals surface area contributed by atoms with Crippen LogP contribution >= 0.6 is 0 Å². The lowest BCUT2D eigenvalue weighted by Gasteiger charge is -2.13. The second-order valence-electron chi connectivity index (χ2n) is 7.00. The Labute approximate surface area is 185 Å². The molecule has 3 aromatic carbocycles. The minimum absolute atomic E-state index is 0.00515. The van der Waals surface area contributed by atoms with Crippen LogP contribution in [-0.4, -0.2) is 22.1 Å². The van der Waals surface area contributed by atoms with Gasteiger partial charge in [0.15, 0.2) is 5.82 Å². The van der Waals surface area contributed by atoms with Gasteiger partial charge in [0.25, 0.3) is 5.91 Å². The van der Waals surface area contributed by atoms with Gasteiger partial charge in [-0.05, 0) is 36.4 Å². The van der Waals surface area contributed by atoms with E-state index in [4.69, 9.17) is 4.74 Å². The van der Waals surface area contributed by atoms with Crippen LogP contribution in [0.2, 0.25) is 0 Å². The Bertz CT molecular complexity index is 1300. The third-order valence-electron chi connectivity index (χ3n) is 4.75. The Hall–Kier alpha value is -4.34. The minimum atomic E-state index is -4.49. The molecule has 0 spiro atoms. The summed E-state index contributed by atoms with van der Waals surface area (Å²) in [6.45, 7) is -0.298. The predicted octanol–water partition coefficient (Wildman–Crippen LogP) is 5.12. The van der Waals surface area contributed by atoms with Gasteiger partial charge in [0, 0.05) is 16.5 Å². The Morgan fingerprint density at radius 1 is 0.970 bits per heavy atom. The molecule has 0 aliphatic heterocycles. The fourth-order valence-corrected chi connectivity index (χ4v) is 3.17. The van der Waals surface area contributed by atoms with Crippen LogP contribution in [0.15, 0.2) is 72.8 Å². The smallest absolute Gasteiger partial charge is 0.416 e. The highest BCUT2D eigenvalue weighted by Crippen LogP contribution is 2.33. The molecule has 0 aliphatic carbocycles. The van der Waals surface area contributed by atoms with Crippen LogP contribution in [0.5, 0.6) is 5.75 Å². The molecule has 7 nitrogen and oxygen atoms in total. The number of aromatic amines is 1. The number of hydrogen-bond donors (Lipinski definition) is 3. The number of alkyl halides is 3. The number of anilines is 1. The van der Waals surface area contributed by atoms with E-state index in [-0.39, 0.29) is 23.7 Å². The van der Waals surface area contributed by atoms with E-state index in [0.717, 1.165) is 6.07 Å². The van der Waals surface area contributed by atoms with Gasteiger partial charge in [-0.25, -0.2) is 4.79 Å². The molecule has 33 heavy (non-hydrogen) atoms. The summed E-state index contributed by atoms with van der Waals surface area (Å²) in [5.41, 5.74) is 0.100. The standard InChI is InChI=1S/C23H17F3N4O3/c24-23(25,26)18-9-5-4-8-15(18)13-33-16-10-11-19-17(12-16)20(30-29-19)27-22(32)28-21(31)14-6-2-1-3-7-14/h1-12H,13H2,(H3,27,28,29,30,31,32). The minimum Gasteiger partial charge on any atom is -0.489 e. The number of nitrogens with one attached hydrogen (secondary N) is 3. The van der Waals surface area contributed by atoms with Gasteiger partial charge >= 0.3 is 12.2 Å². The average molecular weight is 454 g/mol. The van der Waals surface area contributed by atoms with Crippen molar-refractivity contribution in [3.05, 3.63) is 89.5 Å². The van der Waals surface area contributed by atoms with Gasteiger partial charge in [-0.1, -0.05) is 36.4 Å². The molecule has 0 saturated carbocycles. The first kappa shape index (κ1) is 21.9. The number of halogens is 3. The summed E-state index contributed by atoms with van der Waals surface area (Å²) in [7, 11) is 0. The summed E-state index contributed by atoms with van der Waals surface area (Å²) >= 11 is 0. The number of ether oxygens (including phenoxy) is 1. The van der Waals surface area contributed by atoms with Gasteiger partial charge in [0.1, 0.15) is 12.4 Å². The molecule has 168 valence electrons. The van der Waals surface area contributed by atoms with Crippen LogP contribution in [0.4, 0.5) is 23.8 Å². The van der Waals surface area contributed by atoms with Crippen molar-refractivity contribution < 1.29 is 27.5 Å². The van der Waals surface area contributed by atoms with Crippen LogP contribution in [0.1, 0.15) is 21.5 Å². The van der Waals surface area contributed by atoms with Crippen molar-refractivity contribution in [2.45, 2.75) is 12.8 Å². The zero-order valence-electron chi connectivity index (χ0n) is 16.9. The van der Waals surface area contributed by atoms with E-state index in [2.05, 4.69) is 20.8 Å². The summed E-state index contributed by atoms with van der Waals surface area (Å²) in [6, 6.07) is 17.3. The number of carbonyl (C=O) groups is 2. The first-order chi connectivity index (χ1) is 15.8. The van der Waals surface area contributed by atoms with Crippen LogP contribution < -0.4 is 15.4 Å².